The molecule has 4 nitrogen and oxygen atoms in total. The van der Waals surface area contributed by atoms with Gasteiger partial charge in [-0.25, -0.2) is 4.98 Å². The first-order valence-corrected chi connectivity index (χ1v) is 7.66. The van der Waals surface area contributed by atoms with Gasteiger partial charge in [0.1, 0.15) is 17.0 Å². The molecule has 2 rings (SSSR count). The van der Waals surface area contributed by atoms with Gasteiger partial charge in [0.2, 0.25) is 5.88 Å². The van der Waals surface area contributed by atoms with Gasteiger partial charge >= 0.3 is 0 Å². The molecule has 5 heteroatoms. The number of hydrogen-bond acceptors (Lipinski definition) is 5. The molecule has 18 heavy (non-hydrogen) atoms. The molecule has 1 heterocycles. The Morgan fingerprint density at radius 3 is 2.89 bits per heavy atom. The Hall–Kier alpha value is -0.970. The molecule has 0 aromatic carbocycles. The maximum Gasteiger partial charge on any atom is 0.241 e. The summed E-state index contributed by atoms with van der Waals surface area (Å²) < 4.78 is 5.51. The van der Waals surface area contributed by atoms with E-state index in [1.54, 1.807) is 18.1 Å². The molecule has 1 aliphatic rings. The first kappa shape index (κ1) is 13.5. The zero-order valence-electron chi connectivity index (χ0n) is 10.9. The lowest BCUT2D eigenvalue weighted by atomic mass is 10.1. The van der Waals surface area contributed by atoms with Crippen LogP contribution in [0, 0.1) is 5.92 Å². The number of nitrogens with two attached hydrogens (primary N) is 1. The minimum atomic E-state index is 0.528. The van der Waals surface area contributed by atoms with Gasteiger partial charge in [-0.15, -0.1) is 11.8 Å². The summed E-state index contributed by atoms with van der Waals surface area (Å²) in [5.74, 6) is 2.46. The zero-order chi connectivity index (χ0) is 12.8. The minimum Gasteiger partial charge on any atom is -0.476 e. The molecular weight excluding hydrogens is 246 g/mol. The Balaban J connectivity index is 1.94. The predicted octanol–water partition coefficient (Wildman–Crippen LogP) is 3.13. The molecule has 1 saturated carbocycles. The van der Waals surface area contributed by atoms with Crippen molar-refractivity contribution in [3.05, 3.63) is 6.33 Å². The molecule has 1 aromatic rings. The van der Waals surface area contributed by atoms with Crippen molar-refractivity contribution in [3.63, 3.8) is 0 Å². The first-order chi connectivity index (χ1) is 8.81. The number of nitrogen functional groups attached to an aromatic ring is 1. The Kier molecular flexibility index (Phi) is 5.11. The second kappa shape index (κ2) is 6.83. The van der Waals surface area contributed by atoms with Gasteiger partial charge in [0.15, 0.2) is 0 Å². The fourth-order valence-electron chi connectivity index (χ4n) is 2.17. The lowest BCUT2D eigenvalue weighted by molar-refractivity contribution is 0.305. The van der Waals surface area contributed by atoms with E-state index < -0.39 is 0 Å². The van der Waals surface area contributed by atoms with Crippen LogP contribution in [0.15, 0.2) is 11.4 Å². The molecule has 100 valence electrons. The van der Waals surface area contributed by atoms with Crippen LogP contribution in [0.4, 0.5) is 5.69 Å². The van der Waals surface area contributed by atoms with Gasteiger partial charge in [-0.3, -0.25) is 0 Å². The Labute approximate surface area is 113 Å². The van der Waals surface area contributed by atoms with Gasteiger partial charge in [-0.1, -0.05) is 19.8 Å². The highest BCUT2D eigenvalue weighted by Crippen LogP contribution is 2.34. The molecule has 0 saturated heterocycles. The lowest BCUT2D eigenvalue weighted by Crippen LogP contribution is -2.04. The van der Waals surface area contributed by atoms with Crippen molar-refractivity contribution in [2.45, 2.75) is 44.1 Å². The third-order valence-corrected chi connectivity index (χ3v) is 4.42. The Bertz CT molecular complexity index is 380. The molecule has 0 amide bonds. The summed E-state index contributed by atoms with van der Waals surface area (Å²) in [5.41, 5.74) is 6.63. The van der Waals surface area contributed by atoms with Crippen molar-refractivity contribution in [3.8, 4) is 5.88 Å². The van der Waals surface area contributed by atoms with Gasteiger partial charge in [-0.05, 0) is 25.2 Å². The van der Waals surface area contributed by atoms with Gasteiger partial charge in [-0.2, -0.15) is 4.98 Å². The van der Waals surface area contributed by atoms with E-state index in [9.17, 15) is 0 Å². The van der Waals surface area contributed by atoms with Gasteiger partial charge in [0, 0.05) is 5.75 Å². The number of anilines is 1. The monoisotopic (exact) mass is 267 g/mol. The van der Waals surface area contributed by atoms with Crippen molar-refractivity contribution in [2.75, 3.05) is 18.1 Å². The van der Waals surface area contributed by atoms with Crippen molar-refractivity contribution in [1.82, 2.24) is 9.97 Å². The maximum absolute atomic E-state index is 6.04. The first-order valence-electron chi connectivity index (χ1n) is 6.67. The predicted molar refractivity (Wildman–Crippen MR) is 74.9 cm³/mol. The summed E-state index contributed by atoms with van der Waals surface area (Å²) in [6, 6.07) is 0. The van der Waals surface area contributed by atoms with Crippen LogP contribution in [-0.4, -0.2) is 22.3 Å². The topological polar surface area (TPSA) is 61.0 Å². The number of thioether (sulfide) groups is 1. The third-order valence-electron chi connectivity index (χ3n) is 3.18. The van der Waals surface area contributed by atoms with E-state index in [1.807, 2.05) is 0 Å². The van der Waals surface area contributed by atoms with Crippen LogP contribution in [0.1, 0.15) is 39.0 Å². The van der Waals surface area contributed by atoms with Crippen LogP contribution in [0.2, 0.25) is 0 Å². The van der Waals surface area contributed by atoms with E-state index in [2.05, 4.69) is 16.9 Å². The van der Waals surface area contributed by atoms with Gasteiger partial charge in [0.25, 0.3) is 0 Å². The van der Waals surface area contributed by atoms with E-state index in [0.717, 1.165) is 23.1 Å². The Morgan fingerprint density at radius 2 is 2.17 bits per heavy atom. The summed E-state index contributed by atoms with van der Waals surface area (Å²) in [6.45, 7) is 2.71. The van der Waals surface area contributed by atoms with Crippen LogP contribution in [0.5, 0.6) is 5.88 Å². The molecule has 1 aliphatic carbocycles. The second-order valence-corrected chi connectivity index (χ2v) is 5.72. The van der Waals surface area contributed by atoms with Gasteiger partial charge in [0.05, 0.1) is 6.61 Å². The normalized spacial score (nSPS) is 16.1. The van der Waals surface area contributed by atoms with Crippen LogP contribution in [0.25, 0.3) is 0 Å². The van der Waals surface area contributed by atoms with Crippen molar-refractivity contribution in [1.29, 1.82) is 0 Å². The third kappa shape index (κ3) is 3.51. The molecule has 0 radical (unpaired) electrons. The van der Waals surface area contributed by atoms with E-state index in [1.165, 1.54) is 25.7 Å². The van der Waals surface area contributed by atoms with E-state index in [4.69, 9.17) is 10.5 Å². The molecule has 2 N–H and O–H groups in total. The summed E-state index contributed by atoms with van der Waals surface area (Å²) in [5, 5.41) is 0.864. The van der Waals surface area contributed by atoms with E-state index in [0.29, 0.717) is 18.2 Å². The molecule has 0 unspecified atom stereocenters. The summed E-state index contributed by atoms with van der Waals surface area (Å²) in [6.07, 6.45) is 7.92. The van der Waals surface area contributed by atoms with Crippen molar-refractivity contribution < 1.29 is 4.74 Å². The van der Waals surface area contributed by atoms with Crippen LogP contribution in [-0.2, 0) is 0 Å². The van der Waals surface area contributed by atoms with E-state index >= 15 is 0 Å². The molecule has 0 atom stereocenters. The largest absolute Gasteiger partial charge is 0.476 e. The summed E-state index contributed by atoms with van der Waals surface area (Å²) in [7, 11) is 0. The van der Waals surface area contributed by atoms with E-state index in [-0.39, 0.29) is 0 Å². The SMILES string of the molecule is CCCOc1ncnc(SCC2CCCC2)c1N. The zero-order valence-corrected chi connectivity index (χ0v) is 11.7. The van der Waals surface area contributed by atoms with Crippen molar-refractivity contribution >= 4 is 17.4 Å². The molecule has 0 aliphatic heterocycles. The second-order valence-electron chi connectivity index (χ2n) is 4.71. The smallest absolute Gasteiger partial charge is 0.241 e. The van der Waals surface area contributed by atoms with Gasteiger partial charge < -0.3 is 10.5 Å². The number of rotatable bonds is 6. The summed E-state index contributed by atoms with van der Waals surface area (Å²) in [4.78, 5) is 8.34. The number of hydrogen-bond donors (Lipinski definition) is 1. The molecule has 0 bridgehead atoms. The Morgan fingerprint density at radius 1 is 1.39 bits per heavy atom. The average molecular weight is 267 g/mol. The molecule has 1 fully saturated rings. The molecule has 0 spiro atoms. The molecule has 1 aromatic heterocycles. The van der Waals surface area contributed by atoms with Crippen LogP contribution >= 0.6 is 11.8 Å². The number of aromatic nitrogens is 2. The van der Waals surface area contributed by atoms with Crippen LogP contribution < -0.4 is 10.5 Å². The van der Waals surface area contributed by atoms with Crippen LogP contribution in [0.3, 0.4) is 0 Å². The number of nitrogens with zero attached hydrogens (tertiary/aromatic N) is 2. The highest BCUT2D eigenvalue weighted by atomic mass is 32.2. The fourth-order valence-corrected chi connectivity index (χ4v) is 3.26. The quantitative estimate of drug-likeness (QED) is 0.634. The summed E-state index contributed by atoms with van der Waals surface area (Å²) >= 11 is 1.74. The highest BCUT2D eigenvalue weighted by molar-refractivity contribution is 7.99. The molecular formula is C13H21N3OS. The minimum absolute atomic E-state index is 0.528. The highest BCUT2D eigenvalue weighted by Gasteiger charge is 2.17. The average Bonchev–Trinajstić information content (AvgIpc) is 2.89. The fraction of sp³-hybridized carbons (Fsp3) is 0.692. The lowest BCUT2D eigenvalue weighted by Gasteiger charge is -2.11. The standard InChI is InChI=1S/C13H21N3OS/c1-2-7-17-12-11(14)13(16-9-15-12)18-8-10-5-3-4-6-10/h9-10H,2-8,14H2,1H3. The van der Waals surface area contributed by atoms with Crippen molar-refractivity contribution in [2.24, 2.45) is 5.92 Å². The number of ether oxygens (including phenoxy) is 1. The maximum atomic E-state index is 6.04.